The van der Waals surface area contributed by atoms with Gasteiger partial charge in [0.05, 0.1) is 0 Å². The summed E-state index contributed by atoms with van der Waals surface area (Å²) in [5.41, 5.74) is 1.31. The van der Waals surface area contributed by atoms with Crippen LogP contribution in [0.3, 0.4) is 0 Å². The molecule has 0 saturated heterocycles. The number of nitrogens with zero attached hydrogens (tertiary/aromatic N) is 2. The van der Waals surface area contributed by atoms with Gasteiger partial charge in [-0.1, -0.05) is 0 Å². The van der Waals surface area contributed by atoms with Crippen LogP contribution in [0.25, 0.3) is 0 Å². The Morgan fingerprint density at radius 1 is 1.09 bits per heavy atom. The molecule has 2 nitrogen and oxygen atoms in total. The minimum atomic E-state index is -1.88. The van der Waals surface area contributed by atoms with E-state index in [4.69, 9.17) is 0 Å². The maximum absolute atomic E-state index is 3.91. The van der Waals surface area contributed by atoms with E-state index >= 15 is 0 Å². The molecule has 1 aromatic heterocycles. The van der Waals surface area contributed by atoms with Crippen molar-refractivity contribution in [2.45, 2.75) is 21.7 Å². The number of hydrogen-bond acceptors (Lipinski definition) is 2. The second kappa shape index (κ2) is 3.09. The molecule has 0 amide bonds. The van der Waals surface area contributed by atoms with Crippen LogP contribution in [-0.2, 0) is 0 Å². The van der Waals surface area contributed by atoms with Crippen LogP contribution in [-0.4, -0.2) is 28.6 Å². The quantitative estimate of drug-likeness (QED) is 0.709. The summed E-state index contributed by atoms with van der Waals surface area (Å²) in [6.07, 6.45) is 3.79. The molecule has 1 heterocycles. The van der Waals surface area contributed by atoms with Crippen LogP contribution < -0.4 is 3.58 Å². The topological polar surface area (TPSA) is 25.8 Å². The fourth-order valence-corrected chi connectivity index (χ4v) is 6.00. The van der Waals surface area contributed by atoms with Crippen molar-refractivity contribution in [1.82, 2.24) is 10.2 Å². The van der Waals surface area contributed by atoms with Crippen molar-refractivity contribution in [3.63, 3.8) is 0 Å². The molecule has 3 heteroatoms. The molecule has 1 rings (SSSR count). The molecule has 0 fully saturated rings. The first-order valence-corrected chi connectivity index (χ1v) is 13.8. The second-order valence-electron chi connectivity index (χ2n) is 3.84. The van der Waals surface area contributed by atoms with Crippen LogP contribution in [0.2, 0.25) is 14.8 Å². The van der Waals surface area contributed by atoms with Gasteiger partial charge in [-0.25, -0.2) is 0 Å². The van der Waals surface area contributed by atoms with Crippen LogP contribution in [0, 0.1) is 6.92 Å². The Labute approximate surface area is 71.9 Å². The predicted molar refractivity (Wildman–Crippen MR) is 49.7 cm³/mol. The van der Waals surface area contributed by atoms with Gasteiger partial charge in [-0.2, -0.15) is 0 Å². The molecule has 0 aliphatic heterocycles. The fourth-order valence-electron chi connectivity index (χ4n) is 1.17. The van der Waals surface area contributed by atoms with Gasteiger partial charge in [0.1, 0.15) is 0 Å². The molecule has 0 spiro atoms. The van der Waals surface area contributed by atoms with Crippen molar-refractivity contribution in [2.24, 2.45) is 0 Å². The summed E-state index contributed by atoms with van der Waals surface area (Å²) >= 11 is -1.88. The Kier molecular flexibility index (Phi) is 2.52. The van der Waals surface area contributed by atoms with Crippen LogP contribution in [0.15, 0.2) is 12.4 Å². The van der Waals surface area contributed by atoms with Crippen LogP contribution in [0.1, 0.15) is 5.56 Å². The molecule has 0 N–H and O–H groups in total. The molecule has 11 heavy (non-hydrogen) atoms. The van der Waals surface area contributed by atoms with Crippen molar-refractivity contribution in [1.29, 1.82) is 0 Å². The van der Waals surface area contributed by atoms with Crippen molar-refractivity contribution < 1.29 is 0 Å². The number of aryl methyl sites for hydroxylation is 1. The Morgan fingerprint density at radius 2 is 1.64 bits per heavy atom. The van der Waals surface area contributed by atoms with Crippen molar-refractivity contribution in [3.05, 3.63) is 18.0 Å². The van der Waals surface area contributed by atoms with Crippen LogP contribution >= 0.6 is 0 Å². The summed E-state index contributed by atoms with van der Waals surface area (Å²) in [4.78, 5) is 7.16. The third kappa shape index (κ3) is 2.15. The Balaban J connectivity index is 3.14. The van der Waals surface area contributed by atoms with Gasteiger partial charge < -0.3 is 0 Å². The van der Waals surface area contributed by atoms with Gasteiger partial charge in [-0.3, -0.25) is 0 Å². The van der Waals surface area contributed by atoms with Gasteiger partial charge >= 0.3 is 71.9 Å². The van der Waals surface area contributed by atoms with E-state index in [9.17, 15) is 0 Å². The Morgan fingerprint density at radius 3 is 2.00 bits per heavy atom. The van der Waals surface area contributed by atoms with E-state index < -0.39 is 18.4 Å². The fraction of sp³-hybridized carbons (Fsp3) is 0.500. The second-order valence-corrected chi connectivity index (χ2v) is 18.2. The first kappa shape index (κ1) is 8.97. The summed E-state index contributed by atoms with van der Waals surface area (Å²) in [6.45, 7) is 2.12. The molecule has 0 aliphatic rings. The first-order valence-electron chi connectivity index (χ1n) is 3.79. The standard InChI is InChI=1S/C5H5N2.3CH3.Sn/c1-5-2-3-6-7-4-5;;;;/h3-4H,1H3;3*1H3;. The SMILES string of the molecule is Cc1cnnc[c]1[Sn]([CH3])([CH3])[CH3]. The summed E-state index contributed by atoms with van der Waals surface area (Å²) in [6, 6.07) is 0. The normalized spacial score (nSPS) is 11.6. The van der Waals surface area contributed by atoms with Crippen LogP contribution in [0.4, 0.5) is 0 Å². The average molecular weight is 257 g/mol. The van der Waals surface area contributed by atoms with Gasteiger partial charge in [0, 0.05) is 0 Å². The van der Waals surface area contributed by atoms with E-state index in [1.807, 2.05) is 12.4 Å². The molecule has 0 radical (unpaired) electrons. The molecule has 0 saturated carbocycles. The molecule has 0 aliphatic carbocycles. The van der Waals surface area contributed by atoms with Gasteiger partial charge in [-0.15, -0.1) is 0 Å². The molecule has 0 aromatic carbocycles. The third-order valence-corrected chi connectivity index (χ3v) is 7.84. The molecule has 0 atom stereocenters. The zero-order valence-electron chi connectivity index (χ0n) is 7.55. The summed E-state index contributed by atoms with van der Waals surface area (Å²) in [7, 11) is 0. The van der Waals surface area contributed by atoms with E-state index in [1.165, 1.54) is 9.14 Å². The van der Waals surface area contributed by atoms with Crippen LogP contribution in [0.5, 0.6) is 0 Å². The van der Waals surface area contributed by atoms with Crippen molar-refractivity contribution in [2.75, 3.05) is 0 Å². The zero-order valence-corrected chi connectivity index (χ0v) is 10.4. The summed E-state index contributed by atoms with van der Waals surface area (Å²) in [5.74, 6) is 0. The molecular formula is C8H14N2Sn. The Bertz CT molecular complexity index is 253. The number of aromatic nitrogens is 2. The van der Waals surface area contributed by atoms with Gasteiger partial charge in [0.25, 0.3) is 0 Å². The van der Waals surface area contributed by atoms with Gasteiger partial charge in [-0.05, 0) is 0 Å². The van der Waals surface area contributed by atoms with Crippen molar-refractivity contribution in [3.8, 4) is 0 Å². The first-order chi connectivity index (χ1) is 5.02. The molecule has 0 unspecified atom stereocenters. The van der Waals surface area contributed by atoms with Crippen molar-refractivity contribution >= 4 is 22.0 Å². The number of rotatable bonds is 1. The average Bonchev–Trinajstić information content (AvgIpc) is 1.86. The summed E-state index contributed by atoms with van der Waals surface area (Å²) in [5, 5.41) is 7.76. The van der Waals surface area contributed by atoms with E-state index in [0.29, 0.717) is 0 Å². The van der Waals surface area contributed by atoms with E-state index in [0.717, 1.165) is 0 Å². The van der Waals surface area contributed by atoms with Gasteiger partial charge in [0.15, 0.2) is 0 Å². The summed E-state index contributed by atoms with van der Waals surface area (Å²) < 4.78 is 1.48. The number of hydrogen-bond donors (Lipinski definition) is 0. The van der Waals surface area contributed by atoms with E-state index in [1.54, 1.807) is 0 Å². The van der Waals surface area contributed by atoms with E-state index in [-0.39, 0.29) is 0 Å². The van der Waals surface area contributed by atoms with E-state index in [2.05, 4.69) is 31.9 Å². The third-order valence-electron chi connectivity index (χ3n) is 1.74. The molecule has 1 aromatic rings. The molecule has 60 valence electrons. The molecule has 0 bridgehead atoms. The minimum absolute atomic E-state index is 1.31. The Hall–Kier alpha value is -0.121. The predicted octanol–water partition coefficient (Wildman–Crippen LogP) is 1.33. The van der Waals surface area contributed by atoms with Gasteiger partial charge in [0.2, 0.25) is 0 Å². The molecular weight excluding hydrogens is 243 g/mol. The maximum atomic E-state index is 3.91. The zero-order chi connectivity index (χ0) is 8.48. The monoisotopic (exact) mass is 258 g/mol.